The molecule has 4 fully saturated rings. The van der Waals surface area contributed by atoms with Crippen LogP contribution in [-0.2, 0) is 9.53 Å². The van der Waals surface area contributed by atoms with Crippen molar-refractivity contribution in [3.8, 4) is 0 Å². The number of carbonyl (C=O) groups is 1. The average molecular weight is 471 g/mol. The predicted octanol–water partition coefficient (Wildman–Crippen LogP) is 7.32. The first-order valence-corrected chi connectivity index (χ1v) is 14.2. The lowest BCUT2D eigenvalue weighted by Crippen LogP contribution is -2.65. The summed E-state index contributed by atoms with van der Waals surface area (Å²) in [4.78, 5) is 13.3. The molecule has 3 nitrogen and oxygen atoms in total. The molecule has 4 saturated carbocycles. The number of allylic oxidation sites excluding steroid dienone is 2. The molecule has 0 radical (unpaired) electrons. The zero-order valence-corrected chi connectivity index (χ0v) is 23.2. The average Bonchev–Trinajstić information content (AvgIpc) is 2.76. The highest BCUT2D eigenvalue weighted by Crippen LogP contribution is 2.75. The Morgan fingerprint density at radius 3 is 2.26 bits per heavy atom. The Kier molecular flexibility index (Phi) is 5.38. The minimum atomic E-state index is -0.323. The monoisotopic (exact) mass is 470 g/mol. The van der Waals surface area contributed by atoms with E-state index in [0.717, 1.165) is 51.4 Å². The van der Waals surface area contributed by atoms with Gasteiger partial charge in [0.25, 0.3) is 0 Å². The van der Waals surface area contributed by atoms with E-state index >= 15 is 0 Å². The molecule has 5 rings (SSSR count). The summed E-state index contributed by atoms with van der Waals surface area (Å²) in [5.41, 5.74) is 2.18. The van der Waals surface area contributed by atoms with Gasteiger partial charge in [-0.05, 0) is 109 Å². The molecule has 0 saturated heterocycles. The molecular formula is C31H50O3. The molecule has 0 aromatic rings. The van der Waals surface area contributed by atoms with Crippen molar-refractivity contribution in [2.24, 2.45) is 50.2 Å². The van der Waals surface area contributed by atoms with Gasteiger partial charge in [0.05, 0.1) is 18.6 Å². The highest BCUT2D eigenvalue weighted by Gasteiger charge is 2.69. The molecule has 5 aliphatic rings. The van der Waals surface area contributed by atoms with Crippen LogP contribution in [0.5, 0.6) is 0 Å². The molecule has 0 spiro atoms. The Morgan fingerprint density at radius 1 is 0.912 bits per heavy atom. The van der Waals surface area contributed by atoms with E-state index in [0.29, 0.717) is 17.8 Å². The van der Waals surface area contributed by atoms with Gasteiger partial charge >= 0.3 is 5.97 Å². The molecule has 8 atom stereocenters. The number of fused-ring (bicyclic) bond motifs is 7. The van der Waals surface area contributed by atoms with E-state index in [-0.39, 0.29) is 44.6 Å². The number of rotatable bonds is 1. The minimum Gasteiger partial charge on any atom is -0.469 e. The van der Waals surface area contributed by atoms with Gasteiger partial charge in [-0.15, -0.1) is 0 Å². The standard InChI is InChI=1S/C31H50O3/c1-26(2)15-17-31(25(33)34-8)18-16-29(6)20(21(31)19-26)9-10-23-28(5)13-12-24(32)27(3,4)22(28)11-14-30(23,29)7/h9,21-24,32H,10-19H2,1-8H3/t21?,22?,23-,24+,28?,29-,30-,31+/m1/s1. The van der Waals surface area contributed by atoms with Gasteiger partial charge in [0.15, 0.2) is 0 Å². The topological polar surface area (TPSA) is 46.5 Å². The number of methoxy groups -OCH3 is 1. The van der Waals surface area contributed by atoms with Crippen molar-refractivity contribution >= 4 is 5.97 Å². The van der Waals surface area contributed by atoms with E-state index in [4.69, 9.17) is 4.74 Å². The zero-order chi connectivity index (χ0) is 24.9. The van der Waals surface area contributed by atoms with Crippen molar-refractivity contribution in [3.05, 3.63) is 11.6 Å². The van der Waals surface area contributed by atoms with Crippen LogP contribution >= 0.6 is 0 Å². The Morgan fingerprint density at radius 2 is 1.59 bits per heavy atom. The molecule has 0 amide bonds. The van der Waals surface area contributed by atoms with Crippen LogP contribution in [0.2, 0.25) is 0 Å². The van der Waals surface area contributed by atoms with E-state index < -0.39 is 0 Å². The number of hydrogen-bond acceptors (Lipinski definition) is 3. The van der Waals surface area contributed by atoms with Gasteiger partial charge in [0.1, 0.15) is 0 Å². The maximum atomic E-state index is 13.3. The van der Waals surface area contributed by atoms with Gasteiger partial charge in [-0.3, -0.25) is 4.79 Å². The molecule has 34 heavy (non-hydrogen) atoms. The third-order valence-electron chi connectivity index (χ3n) is 13.2. The molecule has 5 aliphatic carbocycles. The number of esters is 1. The van der Waals surface area contributed by atoms with Crippen LogP contribution < -0.4 is 0 Å². The molecular weight excluding hydrogens is 420 g/mol. The maximum absolute atomic E-state index is 13.3. The molecule has 192 valence electrons. The van der Waals surface area contributed by atoms with Crippen LogP contribution in [-0.4, -0.2) is 24.3 Å². The van der Waals surface area contributed by atoms with E-state index in [9.17, 15) is 9.90 Å². The highest BCUT2D eigenvalue weighted by atomic mass is 16.5. The predicted molar refractivity (Wildman–Crippen MR) is 137 cm³/mol. The molecule has 0 aromatic carbocycles. The fourth-order valence-corrected chi connectivity index (χ4v) is 10.8. The smallest absolute Gasteiger partial charge is 0.312 e. The first-order chi connectivity index (χ1) is 15.7. The van der Waals surface area contributed by atoms with Crippen LogP contribution in [0.25, 0.3) is 0 Å². The second kappa shape index (κ2) is 7.36. The summed E-state index contributed by atoms with van der Waals surface area (Å²) >= 11 is 0. The Labute approximate surface area is 208 Å². The Balaban J connectivity index is 1.60. The highest BCUT2D eigenvalue weighted by molar-refractivity contribution is 5.78. The lowest BCUT2D eigenvalue weighted by Gasteiger charge is -2.71. The largest absolute Gasteiger partial charge is 0.469 e. The molecule has 1 N–H and O–H groups in total. The van der Waals surface area contributed by atoms with Crippen molar-refractivity contribution in [2.45, 2.75) is 119 Å². The van der Waals surface area contributed by atoms with Crippen molar-refractivity contribution in [1.82, 2.24) is 0 Å². The van der Waals surface area contributed by atoms with Crippen LogP contribution in [0.15, 0.2) is 11.6 Å². The van der Waals surface area contributed by atoms with Gasteiger partial charge in [-0.2, -0.15) is 0 Å². The van der Waals surface area contributed by atoms with E-state index in [1.807, 2.05) is 0 Å². The van der Waals surface area contributed by atoms with Gasteiger partial charge < -0.3 is 9.84 Å². The van der Waals surface area contributed by atoms with E-state index in [2.05, 4.69) is 54.5 Å². The zero-order valence-electron chi connectivity index (χ0n) is 23.2. The third kappa shape index (κ3) is 2.94. The van der Waals surface area contributed by atoms with Crippen molar-refractivity contribution in [3.63, 3.8) is 0 Å². The van der Waals surface area contributed by atoms with Gasteiger partial charge in [0.2, 0.25) is 0 Å². The molecule has 3 unspecified atom stereocenters. The van der Waals surface area contributed by atoms with Crippen LogP contribution in [0.3, 0.4) is 0 Å². The van der Waals surface area contributed by atoms with Crippen LogP contribution in [0.4, 0.5) is 0 Å². The summed E-state index contributed by atoms with van der Waals surface area (Å²) in [5, 5.41) is 10.9. The van der Waals surface area contributed by atoms with Gasteiger partial charge in [0, 0.05) is 0 Å². The second-order valence-electron chi connectivity index (χ2n) is 15.2. The summed E-state index contributed by atoms with van der Waals surface area (Å²) in [6.07, 6.45) is 13.4. The van der Waals surface area contributed by atoms with Crippen LogP contribution in [0.1, 0.15) is 113 Å². The summed E-state index contributed by atoms with van der Waals surface area (Å²) < 4.78 is 5.49. The molecule has 0 bridgehead atoms. The first kappa shape index (κ1) is 24.8. The molecule has 3 heteroatoms. The Hall–Kier alpha value is -0.830. The molecule has 0 aliphatic heterocycles. The number of hydrogen-bond donors (Lipinski definition) is 1. The van der Waals surface area contributed by atoms with Crippen molar-refractivity contribution in [1.29, 1.82) is 0 Å². The summed E-state index contributed by atoms with van der Waals surface area (Å²) in [5.74, 6) is 1.57. The summed E-state index contributed by atoms with van der Waals surface area (Å²) in [6.45, 7) is 17.2. The fraction of sp³-hybridized carbons (Fsp3) is 0.903. The normalized spacial score (nSPS) is 51.1. The van der Waals surface area contributed by atoms with E-state index in [1.54, 1.807) is 12.7 Å². The lowest BCUT2D eigenvalue weighted by atomic mass is 9.33. The molecule has 0 heterocycles. The van der Waals surface area contributed by atoms with Crippen LogP contribution in [0, 0.1) is 50.2 Å². The third-order valence-corrected chi connectivity index (χ3v) is 13.2. The second-order valence-corrected chi connectivity index (χ2v) is 15.2. The number of ether oxygens (including phenoxy) is 1. The minimum absolute atomic E-state index is 0.0147. The van der Waals surface area contributed by atoms with Crippen molar-refractivity contribution in [2.75, 3.05) is 7.11 Å². The number of carbonyl (C=O) groups excluding carboxylic acids is 1. The van der Waals surface area contributed by atoms with Gasteiger partial charge in [-0.1, -0.05) is 60.1 Å². The quantitative estimate of drug-likeness (QED) is 0.322. The summed E-state index contributed by atoms with van der Waals surface area (Å²) in [7, 11) is 1.59. The maximum Gasteiger partial charge on any atom is 0.312 e. The molecule has 0 aromatic heterocycles. The Bertz CT molecular complexity index is 900. The van der Waals surface area contributed by atoms with E-state index in [1.165, 1.54) is 12.8 Å². The lowest BCUT2D eigenvalue weighted by molar-refractivity contribution is -0.206. The van der Waals surface area contributed by atoms with Crippen molar-refractivity contribution < 1.29 is 14.6 Å². The number of aliphatic hydroxyl groups is 1. The summed E-state index contributed by atoms with van der Waals surface area (Å²) in [6, 6.07) is 0. The fourth-order valence-electron chi connectivity index (χ4n) is 10.8. The first-order valence-electron chi connectivity index (χ1n) is 14.2. The SMILES string of the molecule is COC(=O)[C@]12CCC(C)(C)CC1C1=CC[C@@H]3C4(C)CC[C@H](O)C(C)(C)C4CC[C@@]3(C)[C@]1(C)CC2. The number of aliphatic hydroxyl groups excluding tert-OH is 1. The van der Waals surface area contributed by atoms with Gasteiger partial charge in [-0.25, -0.2) is 0 Å².